The van der Waals surface area contributed by atoms with Crippen LogP contribution < -0.4 is 5.35 Å². The van der Waals surface area contributed by atoms with Crippen molar-refractivity contribution in [3.63, 3.8) is 0 Å². The first-order valence-corrected chi connectivity index (χ1v) is 12.0. The zero-order chi connectivity index (χ0) is 24.4. The highest BCUT2D eigenvalue weighted by molar-refractivity contribution is 9.10. The molecule has 0 spiro atoms. The van der Waals surface area contributed by atoms with Crippen LogP contribution in [0.1, 0.15) is 47.9 Å². The molecule has 1 aromatic carbocycles. The minimum absolute atomic E-state index is 0.0226. The molecule has 0 saturated heterocycles. The number of carboxylic acids is 2. The van der Waals surface area contributed by atoms with Crippen LogP contribution in [0.25, 0.3) is 16.7 Å². The Balaban J connectivity index is 1.93. The van der Waals surface area contributed by atoms with E-state index >= 15 is 0 Å². The standard InChI is InChI=1S/C26H25BrN2O5/c1-16-8-13-21-19(4-2-6-23(31)32)20(5-3-7-24(33)34)25-22(15-30)28(26(16)29(21)25)14-17-9-11-18(27)12-10-17/h8-13H,2-7,14H2,1H3,(H,31,32)(H,33,34). The summed E-state index contributed by atoms with van der Waals surface area (Å²) in [7, 11) is 0. The van der Waals surface area contributed by atoms with E-state index in [4.69, 9.17) is 10.2 Å². The number of hydrogen-bond donors (Lipinski definition) is 2. The fraction of sp³-hybridized carbons (Fsp3) is 0.308. The largest absolute Gasteiger partial charge is 0.481 e. The van der Waals surface area contributed by atoms with Crippen LogP contribution in [0.4, 0.5) is 0 Å². The molecule has 0 radical (unpaired) electrons. The van der Waals surface area contributed by atoms with E-state index in [2.05, 4.69) is 26.3 Å². The molecule has 34 heavy (non-hydrogen) atoms. The van der Waals surface area contributed by atoms with Crippen LogP contribution in [-0.2, 0) is 33.8 Å². The number of aliphatic carboxylic acids is 2. The quantitative estimate of drug-likeness (QED) is 0.326. The van der Waals surface area contributed by atoms with Crippen molar-refractivity contribution in [3.05, 3.63) is 68.5 Å². The number of rotatable bonds is 10. The van der Waals surface area contributed by atoms with E-state index in [0.29, 0.717) is 37.6 Å². The van der Waals surface area contributed by atoms with Crippen LogP contribution in [0.5, 0.6) is 0 Å². The summed E-state index contributed by atoms with van der Waals surface area (Å²) in [6.45, 7) is 2.48. The highest BCUT2D eigenvalue weighted by Crippen LogP contribution is 2.31. The Labute approximate surface area is 204 Å². The molecule has 0 aliphatic heterocycles. The van der Waals surface area contributed by atoms with Gasteiger partial charge in [0.25, 0.3) is 0 Å². The molecule has 3 aromatic heterocycles. The van der Waals surface area contributed by atoms with E-state index in [9.17, 15) is 14.4 Å². The van der Waals surface area contributed by atoms with Crippen LogP contribution in [0.15, 0.2) is 40.9 Å². The van der Waals surface area contributed by atoms with E-state index in [1.54, 1.807) is 0 Å². The second-order valence-electron chi connectivity index (χ2n) is 8.52. The molecule has 0 aliphatic carbocycles. The molecule has 0 fully saturated rings. The Morgan fingerprint density at radius 2 is 1.56 bits per heavy atom. The number of benzene rings is 1. The minimum Gasteiger partial charge on any atom is -0.481 e. The lowest BCUT2D eigenvalue weighted by atomic mass is 9.99. The van der Waals surface area contributed by atoms with Crippen molar-refractivity contribution >= 4 is 50.5 Å². The maximum absolute atomic E-state index is 12.3. The van der Waals surface area contributed by atoms with Gasteiger partial charge in [0.05, 0.1) is 17.6 Å². The van der Waals surface area contributed by atoms with E-state index in [1.807, 2.05) is 47.9 Å². The zero-order valence-corrected chi connectivity index (χ0v) is 20.4. The topological polar surface area (TPSA) is 101 Å². The third kappa shape index (κ3) is 4.52. The predicted molar refractivity (Wildman–Crippen MR) is 132 cm³/mol. The van der Waals surface area contributed by atoms with Gasteiger partial charge in [0.15, 0.2) is 11.3 Å². The molecule has 0 amide bonds. The molecule has 176 valence electrons. The van der Waals surface area contributed by atoms with Crippen LogP contribution >= 0.6 is 15.9 Å². The minimum atomic E-state index is -0.868. The Kier molecular flexibility index (Phi) is 6.91. The number of imidazole rings is 1. The molecule has 7 nitrogen and oxygen atoms in total. The van der Waals surface area contributed by atoms with E-state index in [0.717, 1.165) is 43.4 Å². The highest BCUT2D eigenvalue weighted by Gasteiger charge is 2.23. The fourth-order valence-electron chi connectivity index (χ4n) is 4.76. The summed E-state index contributed by atoms with van der Waals surface area (Å²) in [5.41, 5.74) is 6.49. The van der Waals surface area contributed by atoms with Gasteiger partial charge in [-0.05, 0) is 73.1 Å². The summed E-state index contributed by atoms with van der Waals surface area (Å²) in [6, 6.07) is 11.9. The molecule has 4 rings (SSSR count). The number of halogens is 1. The van der Waals surface area contributed by atoms with Crippen LogP contribution in [0.2, 0.25) is 0 Å². The summed E-state index contributed by atoms with van der Waals surface area (Å²) in [6.07, 6.45) is 1.99. The van der Waals surface area contributed by atoms with Crippen molar-refractivity contribution in [1.82, 2.24) is 8.97 Å². The number of carboxylic acid groups (broad SMARTS) is 2. The molecule has 0 atom stereocenters. The Morgan fingerprint density at radius 3 is 2.15 bits per heavy atom. The molecule has 3 heterocycles. The monoisotopic (exact) mass is 524 g/mol. The van der Waals surface area contributed by atoms with Crippen molar-refractivity contribution in [3.8, 4) is 0 Å². The lowest BCUT2D eigenvalue weighted by molar-refractivity contribution is -0.138. The van der Waals surface area contributed by atoms with Crippen LogP contribution in [0.3, 0.4) is 0 Å². The third-order valence-electron chi connectivity index (χ3n) is 6.21. The lowest BCUT2D eigenvalue weighted by Crippen LogP contribution is -2.20. The lowest BCUT2D eigenvalue weighted by Gasteiger charge is -2.10. The molecular formula is C26H25BrN2O5. The van der Waals surface area contributed by atoms with Gasteiger partial charge in [-0.25, -0.2) is 4.79 Å². The molecule has 0 bridgehead atoms. The maximum Gasteiger partial charge on any atom is 0.303 e. The molecular weight excluding hydrogens is 500 g/mol. The first-order valence-electron chi connectivity index (χ1n) is 11.2. The molecule has 8 heteroatoms. The van der Waals surface area contributed by atoms with Crippen molar-refractivity contribution < 1.29 is 24.6 Å². The highest BCUT2D eigenvalue weighted by atomic mass is 79.9. The fourth-order valence-corrected chi connectivity index (χ4v) is 5.03. The molecule has 4 aromatic rings. The van der Waals surface area contributed by atoms with Crippen molar-refractivity contribution in [1.29, 1.82) is 0 Å². The second kappa shape index (κ2) is 9.87. The number of carbonyl (C=O) groups excluding carboxylic acids is 1. The average molecular weight is 525 g/mol. The van der Waals surface area contributed by atoms with Gasteiger partial charge in [0.1, 0.15) is 5.65 Å². The number of pyridine rings is 1. The van der Waals surface area contributed by atoms with Gasteiger partial charge in [-0.3, -0.25) is 14.0 Å². The number of aryl methyl sites for hydroxylation is 3. The van der Waals surface area contributed by atoms with Crippen LogP contribution in [0, 0.1) is 6.92 Å². The number of aromatic nitrogens is 2. The number of nitrogens with zero attached hydrogens (tertiary/aromatic N) is 2. The summed E-state index contributed by atoms with van der Waals surface area (Å²) >= 11 is 3.45. The average Bonchev–Trinajstić information content (AvgIpc) is 3.26. The first kappa shape index (κ1) is 23.8. The van der Waals surface area contributed by atoms with Gasteiger partial charge in [0.2, 0.25) is 0 Å². The number of carbonyl (C=O) groups is 2. The van der Waals surface area contributed by atoms with Gasteiger partial charge < -0.3 is 14.8 Å². The normalized spacial score (nSPS) is 11.4. The third-order valence-corrected chi connectivity index (χ3v) is 6.74. The Hall–Kier alpha value is -3.35. The molecule has 0 aliphatic rings. The van der Waals surface area contributed by atoms with Crippen molar-refractivity contribution in [2.24, 2.45) is 0 Å². The Morgan fingerprint density at radius 1 is 0.941 bits per heavy atom. The summed E-state index contributed by atoms with van der Waals surface area (Å²) in [5, 5.41) is 18.7. The Bertz CT molecular complexity index is 1460. The summed E-state index contributed by atoms with van der Waals surface area (Å²) in [5.74, 6) is 0.438. The van der Waals surface area contributed by atoms with E-state index in [1.165, 1.54) is 0 Å². The van der Waals surface area contributed by atoms with E-state index < -0.39 is 11.9 Å². The molecule has 0 saturated carbocycles. The first-order chi connectivity index (χ1) is 16.3. The summed E-state index contributed by atoms with van der Waals surface area (Å²) in [4.78, 5) is 34.6. The SMILES string of the molecule is Cc1ccc2c(CCCC(=O)O)c(CCCC(=O)O)c3c(=C=O)n(Cc4ccc(Br)cc4)c1n23. The van der Waals surface area contributed by atoms with Crippen molar-refractivity contribution in [2.75, 3.05) is 0 Å². The smallest absolute Gasteiger partial charge is 0.303 e. The molecule has 0 unspecified atom stereocenters. The zero-order valence-electron chi connectivity index (χ0n) is 18.8. The van der Waals surface area contributed by atoms with Gasteiger partial charge in [-0.2, -0.15) is 0 Å². The summed E-state index contributed by atoms with van der Waals surface area (Å²) < 4.78 is 5.01. The van der Waals surface area contributed by atoms with Gasteiger partial charge in [-0.15, -0.1) is 0 Å². The van der Waals surface area contributed by atoms with Crippen LogP contribution in [-0.4, -0.2) is 37.1 Å². The van der Waals surface area contributed by atoms with Crippen molar-refractivity contribution in [2.45, 2.75) is 52.0 Å². The van der Waals surface area contributed by atoms with Gasteiger partial charge in [-0.1, -0.05) is 34.1 Å². The predicted octanol–water partition coefficient (Wildman–Crippen LogP) is 4.05. The second-order valence-corrected chi connectivity index (χ2v) is 9.44. The number of hydrogen-bond acceptors (Lipinski definition) is 3. The van der Waals surface area contributed by atoms with Gasteiger partial charge >= 0.3 is 11.9 Å². The molecule has 2 N–H and O–H groups in total. The maximum atomic E-state index is 12.3. The van der Waals surface area contributed by atoms with E-state index in [-0.39, 0.29) is 12.8 Å². The van der Waals surface area contributed by atoms with Gasteiger partial charge in [0, 0.05) is 17.3 Å².